The highest BCUT2D eigenvalue weighted by Crippen LogP contribution is 2.45. The van der Waals surface area contributed by atoms with Crippen LogP contribution in [0.15, 0.2) is 24.3 Å². The normalized spacial score (nSPS) is 14.1. The van der Waals surface area contributed by atoms with Crippen LogP contribution in [0.3, 0.4) is 0 Å². The van der Waals surface area contributed by atoms with E-state index in [-0.39, 0.29) is 0 Å². The smallest absolute Gasteiger partial charge is 0.345 e. The first-order chi connectivity index (χ1) is 20.3. The molecule has 0 fully saturated rings. The zero-order chi connectivity index (χ0) is 34.8. The van der Waals surface area contributed by atoms with Gasteiger partial charge >= 0.3 is 23.9 Å². The maximum absolute atomic E-state index is 13.1. The number of benzene rings is 2. The van der Waals surface area contributed by atoms with E-state index in [0.29, 0.717) is 6.26 Å². The molecular formula is C30H38O14S. The van der Waals surface area contributed by atoms with Crippen molar-refractivity contribution in [1.29, 1.82) is 0 Å². The third kappa shape index (κ3) is 9.23. The van der Waals surface area contributed by atoms with Gasteiger partial charge in [-0.2, -0.15) is 0 Å². The first kappa shape index (κ1) is 36.7. The highest BCUT2D eigenvalue weighted by Gasteiger charge is 2.36. The molecule has 0 aliphatic rings. The van der Waals surface area contributed by atoms with Gasteiger partial charge in [-0.05, 0) is 65.8 Å². The van der Waals surface area contributed by atoms with Gasteiger partial charge in [0.1, 0.15) is 39.4 Å². The fourth-order valence-electron chi connectivity index (χ4n) is 3.75. The number of esters is 4. The Balaban J connectivity index is 2.58. The largest absolute Gasteiger partial charge is 0.508 e. The van der Waals surface area contributed by atoms with Crippen LogP contribution < -0.4 is 0 Å². The van der Waals surface area contributed by atoms with Crippen molar-refractivity contribution in [2.24, 2.45) is 10.8 Å². The minimum absolute atomic E-state index is 0.642. The number of phenolic OH excluding ortho intramolecular Hbond substituents is 4. The molecule has 0 heterocycles. The van der Waals surface area contributed by atoms with Crippen LogP contribution in [0.2, 0.25) is 0 Å². The zero-order valence-electron chi connectivity index (χ0n) is 26.3. The Labute approximate surface area is 260 Å². The van der Waals surface area contributed by atoms with Gasteiger partial charge in [0, 0.05) is 31.2 Å². The molecule has 248 valence electrons. The van der Waals surface area contributed by atoms with E-state index in [1.165, 1.54) is 13.8 Å². The summed E-state index contributed by atoms with van der Waals surface area (Å²) >= 11 is 0. The van der Waals surface area contributed by atoms with Gasteiger partial charge in [0.05, 0.1) is 10.8 Å². The standard InChI is InChI=1S/C30H38O14S/c1-14(43-27(37)29(3,4)5)41-25(35)20-12-16(31)10-18(22(20)33)24(45(9,39)40)19-11-17(32)13-21(23(19)34)26(36)42-15(2)44-28(38)30(6,7)8/h10-15,24,31-34H,1-9H3. The lowest BCUT2D eigenvalue weighted by atomic mass is 9.97. The SMILES string of the molecule is CC(OC(=O)c1cc(O)cc(C(c2cc(O)cc(C(=O)OC(C)OC(=O)C(C)(C)C)c2O)S(C)(=O)=O)c1O)OC(=O)C(C)(C)C. The molecular weight excluding hydrogens is 616 g/mol. The molecule has 0 saturated carbocycles. The van der Waals surface area contributed by atoms with Crippen LogP contribution in [0.5, 0.6) is 23.0 Å². The van der Waals surface area contributed by atoms with E-state index in [4.69, 9.17) is 18.9 Å². The molecule has 2 aromatic rings. The monoisotopic (exact) mass is 654 g/mol. The van der Waals surface area contributed by atoms with E-state index in [0.717, 1.165) is 24.3 Å². The minimum Gasteiger partial charge on any atom is -0.508 e. The van der Waals surface area contributed by atoms with Gasteiger partial charge < -0.3 is 39.4 Å². The van der Waals surface area contributed by atoms with Gasteiger partial charge in [-0.1, -0.05) is 0 Å². The van der Waals surface area contributed by atoms with Crippen LogP contribution in [-0.2, 0) is 38.4 Å². The summed E-state index contributed by atoms with van der Waals surface area (Å²) in [6.07, 6.45) is -2.20. The van der Waals surface area contributed by atoms with Crippen molar-refractivity contribution in [1.82, 2.24) is 0 Å². The first-order valence-electron chi connectivity index (χ1n) is 13.5. The van der Waals surface area contributed by atoms with Gasteiger partial charge in [-0.15, -0.1) is 0 Å². The van der Waals surface area contributed by atoms with E-state index in [2.05, 4.69) is 0 Å². The van der Waals surface area contributed by atoms with E-state index < -0.39 is 108 Å². The molecule has 0 bridgehead atoms. The molecule has 0 aliphatic heterocycles. The van der Waals surface area contributed by atoms with Crippen LogP contribution >= 0.6 is 0 Å². The molecule has 0 aliphatic carbocycles. The predicted octanol–water partition coefficient (Wildman–Crippen LogP) is 3.83. The number of sulfone groups is 1. The Morgan fingerprint density at radius 3 is 1.20 bits per heavy atom. The number of carbonyl (C=O) groups is 4. The summed E-state index contributed by atoms with van der Waals surface area (Å²) in [6, 6.07) is 3.11. The zero-order valence-corrected chi connectivity index (χ0v) is 27.1. The van der Waals surface area contributed by atoms with Crippen molar-refractivity contribution >= 4 is 33.7 Å². The Bertz CT molecular complexity index is 1490. The number of hydrogen-bond donors (Lipinski definition) is 4. The highest BCUT2D eigenvalue weighted by atomic mass is 32.2. The molecule has 14 nitrogen and oxygen atoms in total. The molecule has 2 aromatic carbocycles. The summed E-state index contributed by atoms with van der Waals surface area (Å²) in [5, 5.41) is 40.8. The van der Waals surface area contributed by atoms with Crippen molar-refractivity contribution < 1.29 is 67.0 Å². The minimum atomic E-state index is -4.43. The van der Waals surface area contributed by atoms with Crippen LogP contribution in [0.4, 0.5) is 0 Å². The van der Waals surface area contributed by atoms with Crippen LogP contribution in [0, 0.1) is 10.8 Å². The molecule has 2 rings (SSSR count). The van der Waals surface area contributed by atoms with E-state index in [9.17, 15) is 48.0 Å². The Morgan fingerprint density at radius 2 is 0.933 bits per heavy atom. The summed E-state index contributed by atoms with van der Waals surface area (Å²) < 4.78 is 46.4. The van der Waals surface area contributed by atoms with Crippen molar-refractivity contribution in [2.75, 3.05) is 6.26 Å². The van der Waals surface area contributed by atoms with Crippen molar-refractivity contribution in [3.05, 3.63) is 46.5 Å². The topological polar surface area (TPSA) is 220 Å². The molecule has 45 heavy (non-hydrogen) atoms. The van der Waals surface area contributed by atoms with E-state index in [1.54, 1.807) is 41.5 Å². The van der Waals surface area contributed by atoms with Crippen molar-refractivity contribution in [3.8, 4) is 23.0 Å². The van der Waals surface area contributed by atoms with Gasteiger partial charge in [-0.3, -0.25) is 9.59 Å². The average molecular weight is 655 g/mol. The quantitative estimate of drug-likeness (QED) is 0.172. The Morgan fingerprint density at radius 1 is 0.622 bits per heavy atom. The number of phenols is 4. The summed E-state index contributed by atoms with van der Waals surface area (Å²) in [6.45, 7) is 11.8. The molecule has 4 N–H and O–H groups in total. The van der Waals surface area contributed by atoms with E-state index in [1.807, 2.05) is 0 Å². The number of aromatic hydroxyl groups is 4. The molecule has 0 spiro atoms. The number of carbonyl (C=O) groups excluding carboxylic acids is 4. The summed E-state index contributed by atoms with van der Waals surface area (Å²) in [4.78, 5) is 50.1. The maximum atomic E-state index is 13.1. The van der Waals surface area contributed by atoms with Gasteiger partial charge in [0.15, 0.2) is 9.84 Å². The third-order valence-corrected chi connectivity index (χ3v) is 7.36. The Hall–Kier alpha value is -4.53. The van der Waals surface area contributed by atoms with Gasteiger partial charge in [0.25, 0.3) is 0 Å². The molecule has 2 atom stereocenters. The third-order valence-electron chi connectivity index (χ3n) is 6.00. The molecule has 0 aromatic heterocycles. The second kappa shape index (κ2) is 13.2. The van der Waals surface area contributed by atoms with Gasteiger partial charge in [0.2, 0.25) is 12.6 Å². The predicted molar refractivity (Wildman–Crippen MR) is 157 cm³/mol. The summed E-state index contributed by atoms with van der Waals surface area (Å²) in [5.74, 6) is -7.47. The molecule has 0 amide bonds. The van der Waals surface area contributed by atoms with Crippen LogP contribution in [-0.4, -0.2) is 71.6 Å². The molecule has 0 radical (unpaired) electrons. The first-order valence-corrected chi connectivity index (χ1v) is 15.4. The average Bonchev–Trinajstić information content (AvgIpc) is 2.85. The van der Waals surface area contributed by atoms with Crippen LogP contribution in [0.1, 0.15) is 92.5 Å². The second-order valence-electron chi connectivity index (χ2n) is 12.3. The number of hydrogen-bond acceptors (Lipinski definition) is 14. The Kier molecular flexibility index (Phi) is 10.8. The maximum Gasteiger partial charge on any atom is 0.345 e. The summed E-state index contributed by atoms with van der Waals surface area (Å²) in [7, 11) is -4.43. The number of ether oxygens (including phenoxy) is 4. The lowest BCUT2D eigenvalue weighted by Gasteiger charge is -2.23. The molecule has 15 heteroatoms. The van der Waals surface area contributed by atoms with Crippen LogP contribution in [0.25, 0.3) is 0 Å². The molecule has 2 unspecified atom stereocenters. The van der Waals surface area contributed by atoms with Crippen molar-refractivity contribution in [2.45, 2.75) is 73.2 Å². The lowest BCUT2D eigenvalue weighted by molar-refractivity contribution is -0.176. The van der Waals surface area contributed by atoms with Crippen molar-refractivity contribution in [3.63, 3.8) is 0 Å². The fourth-order valence-corrected chi connectivity index (χ4v) is 5.04. The highest BCUT2D eigenvalue weighted by molar-refractivity contribution is 7.91. The summed E-state index contributed by atoms with van der Waals surface area (Å²) in [5.41, 5.74) is -4.62. The molecule has 0 saturated heterocycles. The van der Waals surface area contributed by atoms with Gasteiger partial charge in [-0.25, -0.2) is 18.0 Å². The lowest BCUT2D eigenvalue weighted by Crippen LogP contribution is -2.29. The second-order valence-corrected chi connectivity index (χ2v) is 14.5. The van der Waals surface area contributed by atoms with E-state index >= 15 is 0 Å². The fraction of sp³-hybridized carbons (Fsp3) is 0.467. The number of rotatable bonds is 9.